The molecule has 34 heavy (non-hydrogen) atoms. The molecule has 1 aliphatic heterocycles. The average Bonchev–Trinajstić information content (AvgIpc) is 2.74. The molecule has 0 atom stereocenters. The van der Waals surface area contributed by atoms with Crippen LogP contribution in [0.5, 0.6) is 5.75 Å². The number of nitrogens with zero attached hydrogens (tertiary/aromatic N) is 3. The predicted molar refractivity (Wildman–Crippen MR) is 127 cm³/mol. The first-order valence-electron chi connectivity index (χ1n) is 10.4. The van der Waals surface area contributed by atoms with Crippen molar-refractivity contribution in [3.8, 4) is 5.75 Å². The molecule has 0 unspecified atom stereocenters. The number of anilines is 2. The second kappa shape index (κ2) is 10.1. The lowest BCUT2D eigenvalue weighted by molar-refractivity contribution is -0.139. The summed E-state index contributed by atoms with van der Waals surface area (Å²) in [6.45, 7) is -0.0942. The molecule has 0 aliphatic carbocycles. The molecule has 12 heteroatoms. The minimum Gasteiger partial charge on any atom is -0.482 e. The Balaban J connectivity index is 1.56. The molecule has 2 heterocycles. The Kier molecular flexibility index (Phi) is 7.22. The minimum absolute atomic E-state index is 0.0880. The zero-order valence-electron chi connectivity index (χ0n) is 18.1. The van der Waals surface area contributed by atoms with E-state index in [1.807, 2.05) is 19.1 Å². The third-order valence-corrected chi connectivity index (χ3v) is 7.18. The number of aromatic nitrogens is 2. The van der Waals surface area contributed by atoms with Crippen molar-refractivity contribution in [2.75, 3.05) is 30.0 Å². The number of benzene rings is 2. The van der Waals surface area contributed by atoms with E-state index in [0.29, 0.717) is 16.5 Å². The number of hydrogen-bond acceptors (Lipinski definition) is 6. The molecule has 2 N–H and O–H groups in total. The summed E-state index contributed by atoms with van der Waals surface area (Å²) in [5.41, 5.74) is 2.99. The lowest BCUT2D eigenvalue weighted by Crippen LogP contribution is -2.36. The number of amides is 1. The van der Waals surface area contributed by atoms with E-state index in [0.717, 1.165) is 33.7 Å². The van der Waals surface area contributed by atoms with Gasteiger partial charge in [0, 0.05) is 28.0 Å². The Morgan fingerprint density at radius 2 is 2.03 bits per heavy atom. The maximum absolute atomic E-state index is 12.3. The molecule has 1 amide bonds. The summed E-state index contributed by atoms with van der Waals surface area (Å²) in [6, 6.07) is 8.63. The second-order valence-corrected chi connectivity index (χ2v) is 10.0. The Morgan fingerprint density at radius 3 is 2.74 bits per heavy atom. The van der Waals surface area contributed by atoms with Crippen LogP contribution in [0.3, 0.4) is 0 Å². The first kappa shape index (κ1) is 24.2. The Morgan fingerprint density at radius 1 is 1.24 bits per heavy atom. The van der Waals surface area contributed by atoms with Gasteiger partial charge in [0.05, 0.1) is 16.9 Å². The van der Waals surface area contributed by atoms with E-state index in [4.69, 9.17) is 20.7 Å². The van der Waals surface area contributed by atoms with Crippen molar-refractivity contribution in [3.05, 3.63) is 47.2 Å². The summed E-state index contributed by atoms with van der Waals surface area (Å²) >= 11 is 6.06. The number of carbonyl (C=O) groups is 1. The van der Waals surface area contributed by atoms with Crippen LogP contribution in [-0.4, -0.2) is 46.7 Å². The standard InChI is InChI=1S/C22H21ClF3N5O2S/c1-13-7-15(31-34-5-2-6-34)9-17-20(13)21(29-12-28-17)30-16-4-3-14(23)8-18(16)33-10-19(32)27-11-22(24,25)26/h3-4,7-9,12H,2,5-6,10-11H2,1H3,(H,27,32)(H,28,29,30). The number of fused-ring (bicyclic) bond motifs is 1. The zero-order valence-corrected chi connectivity index (χ0v) is 19.7. The van der Waals surface area contributed by atoms with Gasteiger partial charge in [-0.3, -0.25) is 4.79 Å². The molecule has 7 nitrogen and oxygen atoms in total. The largest absolute Gasteiger partial charge is 0.482 e. The minimum atomic E-state index is -4.50. The predicted octanol–water partition coefficient (Wildman–Crippen LogP) is 5.23. The molecule has 0 bridgehead atoms. The normalized spacial score (nSPS) is 13.9. The quantitative estimate of drug-likeness (QED) is 0.453. The number of aryl methyl sites for hydroxylation is 1. The van der Waals surface area contributed by atoms with Crippen molar-refractivity contribution in [3.63, 3.8) is 0 Å². The Labute approximate surface area is 201 Å². The summed E-state index contributed by atoms with van der Waals surface area (Å²) in [6.07, 6.45) is -1.86. The number of hydrogen-bond donors (Lipinski definition) is 2. The zero-order chi connectivity index (χ0) is 24.3. The van der Waals surface area contributed by atoms with Crippen molar-refractivity contribution in [1.82, 2.24) is 15.3 Å². The molecule has 4 rings (SSSR count). The van der Waals surface area contributed by atoms with Gasteiger partial charge in [-0.15, -0.1) is 0 Å². The average molecular weight is 512 g/mol. The fourth-order valence-corrected chi connectivity index (χ4v) is 4.57. The highest BCUT2D eigenvalue weighted by Gasteiger charge is 2.27. The van der Waals surface area contributed by atoms with Gasteiger partial charge in [0.25, 0.3) is 5.91 Å². The van der Waals surface area contributed by atoms with E-state index < -0.39 is 25.2 Å². The maximum Gasteiger partial charge on any atom is 0.405 e. The molecule has 1 aromatic heterocycles. The number of nitrogens with one attached hydrogen (secondary N) is 2. The monoisotopic (exact) mass is 511 g/mol. The van der Waals surface area contributed by atoms with Gasteiger partial charge >= 0.3 is 6.18 Å². The van der Waals surface area contributed by atoms with E-state index in [1.54, 1.807) is 17.4 Å². The molecule has 1 saturated heterocycles. The van der Waals surface area contributed by atoms with Crippen LogP contribution >= 0.6 is 11.6 Å². The summed E-state index contributed by atoms with van der Waals surface area (Å²) in [5, 5.41) is 6.06. The van der Waals surface area contributed by atoms with Gasteiger partial charge < -0.3 is 15.4 Å². The van der Waals surface area contributed by atoms with E-state index in [-0.39, 0.29) is 16.4 Å². The van der Waals surface area contributed by atoms with Crippen LogP contribution < -0.4 is 15.4 Å². The highest BCUT2D eigenvalue weighted by Crippen LogP contribution is 2.34. The number of rotatable bonds is 7. The van der Waals surface area contributed by atoms with Crippen molar-refractivity contribution in [2.24, 2.45) is 4.36 Å². The maximum atomic E-state index is 12.3. The number of halogens is 4. The summed E-state index contributed by atoms with van der Waals surface area (Å²) < 4.78 is 47.2. The summed E-state index contributed by atoms with van der Waals surface area (Å²) in [4.78, 5) is 20.5. The number of ether oxygens (including phenoxy) is 1. The summed E-state index contributed by atoms with van der Waals surface area (Å²) in [7, 11) is 0.0880. The van der Waals surface area contributed by atoms with Crippen molar-refractivity contribution >= 4 is 56.3 Å². The van der Waals surface area contributed by atoms with Crippen LogP contribution in [0.15, 0.2) is 41.0 Å². The summed E-state index contributed by atoms with van der Waals surface area (Å²) in [5.74, 6) is 2.04. The molecule has 180 valence electrons. The van der Waals surface area contributed by atoms with E-state index in [9.17, 15) is 18.0 Å². The van der Waals surface area contributed by atoms with Gasteiger partial charge in [0.1, 0.15) is 24.4 Å². The highest BCUT2D eigenvalue weighted by atomic mass is 35.5. The Bertz CT molecular complexity index is 1260. The van der Waals surface area contributed by atoms with Crippen LogP contribution in [0.4, 0.5) is 30.4 Å². The van der Waals surface area contributed by atoms with E-state index >= 15 is 0 Å². The molecule has 0 radical (unpaired) electrons. The van der Waals surface area contributed by atoms with Gasteiger partial charge in [0.15, 0.2) is 6.61 Å². The van der Waals surface area contributed by atoms with E-state index in [1.165, 1.54) is 18.8 Å². The van der Waals surface area contributed by atoms with E-state index in [2.05, 4.69) is 15.3 Å². The van der Waals surface area contributed by atoms with Gasteiger partial charge in [-0.2, -0.15) is 13.2 Å². The number of carbonyl (C=O) groups excluding carboxylic acids is 1. The van der Waals surface area contributed by atoms with Crippen molar-refractivity contribution < 1.29 is 22.7 Å². The van der Waals surface area contributed by atoms with Crippen molar-refractivity contribution in [2.45, 2.75) is 19.5 Å². The third kappa shape index (κ3) is 6.15. The van der Waals surface area contributed by atoms with Gasteiger partial charge in [-0.1, -0.05) is 22.3 Å². The van der Waals surface area contributed by atoms with Gasteiger partial charge in [-0.05, 0) is 43.2 Å². The number of alkyl halides is 3. The van der Waals surface area contributed by atoms with Crippen LogP contribution in [-0.2, 0) is 15.5 Å². The molecule has 2 aromatic carbocycles. The molecular weight excluding hydrogens is 491 g/mol. The van der Waals surface area contributed by atoms with Crippen LogP contribution in [0.2, 0.25) is 5.02 Å². The fraction of sp³-hybridized carbons (Fsp3) is 0.318. The lowest BCUT2D eigenvalue weighted by atomic mass is 10.1. The lowest BCUT2D eigenvalue weighted by Gasteiger charge is -2.17. The van der Waals surface area contributed by atoms with Crippen molar-refractivity contribution in [1.29, 1.82) is 0 Å². The van der Waals surface area contributed by atoms with Crippen LogP contribution in [0.25, 0.3) is 10.9 Å². The van der Waals surface area contributed by atoms with Crippen LogP contribution in [0.1, 0.15) is 12.0 Å². The van der Waals surface area contributed by atoms with Crippen LogP contribution in [0, 0.1) is 6.92 Å². The van der Waals surface area contributed by atoms with Gasteiger partial charge in [0.2, 0.25) is 0 Å². The first-order valence-corrected chi connectivity index (χ1v) is 12.3. The highest BCUT2D eigenvalue weighted by molar-refractivity contribution is 7.88. The molecule has 0 saturated carbocycles. The Hall–Kier alpha value is -2.92. The first-order chi connectivity index (χ1) is 16.2. The SMILES string of the molecule is Cc1cc(N=S2CCC2)cc2ncnc(Nc3ccc(Cl)cc3OCC(=O)NCC(F)(F)F)c12. The smallest absolute Gasteiger partial charge is 0.405 e. The molecule has 0 spiro atoms. The fourth-order valence-electron chi connectivity index (χ4n) is 3.27. The molecule has 1 fully saturated rings. The second-order valence-electron chi connectivity index (χ2n) is 7.64. The molecule has 1 aliphatic rings. The van der Waals surface area contributed by atoms with Gasteiger partial charge in [-0.25, -0.2) is 14.3 Å². The third-order valence-electron chi connectivity index (χ3n) is 4.96. The molecular formula is C22H21ClF3N5O2S. The topological polar surface area (TPSA) is 88.5 Å². The molecule has 3 aromatic rings.